The Morgan fingerprint density at radius 2 is 1.94 bits per heavy atom. The van der Waals surface area contributed by atoms with Crippen molar-refractivity contribution in [3.8, 4) is 11.1 Å². The molecule has 2 heterocycles. The molecule has 1 atom stereocenters. The van der Waals surface area contributed by atoms with Crippen molar-refractivity contribution in [3.05, 3.63) is 54.0 Å². The zero-order valence-electron chi connectivity index (χ0n) is 18.3. The van der Waals surface area contributed by atoms with E-state index in [1.807, 2.05) is 39.1 Å². The summed E-state index contributed by atoms with van der Waals surface area (Å²) >= 11 is 0. The van der Waals surface area contributed by atoms with Crippen LogP contribution in [0.3, 0.4) is 0 Å². The van der Waals surface area contributed by atoms with E-state index in [2.05, 4.69) is 4.98 Å². The van der Waals surface area contributed by atoms with Gasteiger partial charge in [-0.1, -0.05) is 6.07 Å². The van der Waals surface area contributed by atoms with Gasteiger partial charge < -0.3 is 9.88 Å². The monoisotopic (exact) mass is 445 g/mol. The molecule has 1 amide bonds. The standard InChI is InChI=1S/C23H28FN3O3S/c1-14(28)26(5)13-21-18-10-15(19-12-25-20-11-16(24)7-8-17(19)20)6-9-22(18)31(29,30)27(21)23(2,3)4/h6-12,21,25,29-30H,13H2,1-5H3. The Labute approximate surface area is 183 Å². The molecule has 6 nitrogen and oxygen atoms in total. The summed E-state index contributed by atoms with van der Waals surface area (Å²) in [4.78, 5) is 17.1. The van der Waals surface area contributed by atoms with Crippen LogP contribution in [0.5, 0.6) is 0 Å². The minimum Gasteiger partial charge on any atom is -0.360 e. The van der Waals surface area contributed by atoms with Crippen molar-refractivity contribution in [2.24, 2.45) is 0 Å². The zero-order valence-corrected chi connectivity index (χ0v) is 19.1. The number of aromatic nitrogens is 1. The van der Waals surface area contributed by atoms with Gasteiger partial charge in [-0.2, -0.15) is 4.31 Å². The number of nitrogens with one attached hydrogen (secondary N) is 1. The second-order valence-corrected chi connectivity index (χ2v) is 10.9. The maximum Gasteiger partial charge on any atom is 0.219 e. The summed E-state index contributed by atoms with van der Waals surface area (Å²) in [6.07, 6.45) is 1.83. The number of carbonyl (C=O) groups excluding carboxylic acids is 1. The number of aromatic amines is 1. The lowest BCUT2D eigenvalue weighted by atomic mass is 9.96. The highest BCUT2D eigenvalue weighted by Gasteiger charge is 2.48. The highest BCUT2D eigenvalue weighted by atomic mass is 32.3. The third kappa shape index (κ3) is 3.63. The molecule has 0 aliphatic carbocycles. The van der Waals surface area contributed by atoms with E-state index in [1.165, 1.54) is 19.1 Å². The van der Waals surface area contributed by atoms with E-state index < -0.39 is 16.3 Å². The van der Waals surface area contributed by atoms with E-state index in [4.69, 9.17) is 0 Å². The number of halogens is 1. The minimum absolute atomic E-state index is 0.0893. The summed E-state index contributed by atoms with van der Waals surface area (Å²) in [5.41, 5.74) is 2.74. The predicted molar refractivity (Wildman–Crippen MR) is 122 cm³/mol. The Morgan fingerprint density at radius 1 is 1.23 bits per heavy atom. The van der Waals surface area contributed by atoms with Gasteiger partial charge in [-0.3, -0.25) is 13.9 Å². The average molecular weight is 446 g/mol. The molecule has 1 unspecified atom stereocenters. The number of nitrogens with zero attached hydrogens (tertiary/aromatic N) is 2. The summed E-state index contributed by atoms with van der Waals surface area (Å²) < 4.78 is 37.7. The molecule has 0 saturated carbocycles. The number of carbonyl (C=O) groups is 1. The molecule has 0 bridgehead atoms. The van der Waals surface area contributed by atoms with Crippen molar-refractivity contribution in [2.45, 2.75) is 44.2 Å². The molecule has 4 rings (SSSR count). The van der Waals surface area contributed by atoms with Gasteiger partial charge in [-0.05, 0) is 62.2 Å². The van der Waals surface area contributed by atoms with Gasteiger partial charge in [0.2, 0.25) is 5.91 Å². The zero-order chi connectivity index (χ0) is 22.7. The first-order chi connectivity index (χ1) is 14.4. The van der Waals surface area contributed by atoms with E-state index in [0.29, 0.717) is 17.0 Å². The molecule has 2 aromatic carbocycles. The molecular weight excluding hydrogens is 417 g/mol. The molecule has 8 heteroatoms. The smallest absolute Gasteiger partial charge is 0.219 e. The maximum absolute atomic E-state index is 13.6. The molecule has 1 aromatic heterocycles. The summed E-state index contributed by atoms with van der Waals surface area (Å²) in [5, 5.41) is 0.885. The summed E-state index contributed by atoms with van der Waals surface area (Å²) in [6.45, 7) is 7.63. The van der Waals surface area contributed by atoms with Crippen molar-refractivity contribution in [1.82, 2.24) is 14.2 Å². The van der Waals surface area contributed by atoms with Gasteiger partial charge in [0.05, 0.1) is 10.9 Å². The molecule has 3 aromatic rings. The highest BCUT2D eigenvalue weighted by molar-refractivity contribution is 8.22. The molecule has 31 heavy (non-hydrogen) atoms. The topological polar surface area (TPSA) is 79.8 Å². The van der Waals surface area contributed by atoms with E-state index in [9.17, 15) is 18.3 Å². The first-order valence-corrected chi connectivity index (χ1v) is 11.6. The Bertz CT molecular complexity index is 1170. The van der Waals surface area contributed by atoms with Crippen LogP contribution in [0.25, 0.3) is 22.0 Å². The molecule has 1 aliphatic rings. The van der Waals surface area contributed by atoms with Gasteiger partial charge in [-0.15, -0.1) is 10.8 Å². The predicted octanol–water partition coefficient (Wildman–Crippen LogP) is 5.63. The van der Waals surface area contributed by atoms with Crippen molar-refractivity contribution in [1.29, 1.82) is 0 Å². The largest absolute Gasteiger partial charge is 0.360 e. The number of rotatable bonds is 3. The van der Waals surface area contributed by atoms with Crippen LogP contribution in [0.1, 0.15) is 39.3 Å². The Morgan fingerprint density at radius 3 is 2.58 bits per heavy atom. The van der Waals surface area contributed by atoms with E-state index in [1.54, 1.807) is 28.4 Å². The fraction of sp³-hybridized carbons (Fsp3) is 0.348. The molecule has 3 N–H and O–H groups in total. The van der Waals surface area contributed by atoms with Crippen LogP contribution in [0.2, 0.25) is 0 Å². The number of amides is 1. The fourth-order valence-corrected chi connectivity index (χ4v) is 6.66. The van der Waals surface area contributed by atoms with Crippen LogP contribution in [-0.2, 0) is 4.79 Å². The number of H-pyrrole nitrogens is 1. The summed E-state index contributed by atoms with van der Waals surface area (Å²) in [5.74, 6) is -0.398. The molecule has 0 fully saturated rings. The van der Waals surface area contributed by atoms with Crippen LogP contribution >= 0.6 is 10.8 Å². The average Bonchev–Trinajstić information content (AvgIpc) is 3.17. The first-order valence-electron chi connectivity index (χ1n) is 10.1. The van der Waals surface area contributed by atoms with Crippen LogP contribution in [0.15, 0.2) is 47.5 Å². The van der Waals surface area contributed by atoms with Crippen LogP contribution in [0, 0.1) is 5.82 Å². The van der Waals surface area contributed by atoms with Gasteiger partial charge in [0.15, 0.2) is 0 Å². The molecular formula is C23H28FN3O3S. The first kappa shape index (κ1) is 21.8. The summed E-state index contributed by atoms with van der Waals surface area (Å²) in [7, 11) is -1.51. The number of benzene rings is 2. The minimum atomic E-state index is -3.22. The lowest BCUT2D eigenvalue weighted by molar-refractivity contribution is -0.128. The SMILES string of the molecule is CC(=O)N(C)CC1c2cc(-c3c[nH]c4cc(F)ccc34)ccc2S(O)(O)N1C(C)(C)C. The Kier molecular flexibility index (Phi) is 5.17. The van der Waals surface area contributed by atoms with E-state index in [-0.39, 0.29) is 17.8 Å². The number of hydrogen-bond donors (Lipinski definition) is 3. The fourth-order valence-electron chi connectivity index (χ4n) is 4.38. The lowest BCUT2D eigenvalue weighted by Gasteiger charge is -2.48. The molecule has 0 saturated heterocycles. The number of hydrogen-bond acceptors (Lipinski definition) is 4. The maximum atomic E-state index is 13.6. The molecule has 0 spiro atoms. The lowest BCUT2D eigenvalue weighted by Crippen LogP contribution is -2.45. The van der Waals surface area contributed by atoms with Gasteiger partial charge in [-0.25, -0.2) is 4.39 Å². The van der Waals surface area contributed by atoms with Gasteiger partial charge in [0.25, 0.3) is 0 Å². The van der Waals surface area contributed by atoms with Crippen molar-refractivity contribution < 1.29 is 18.3 Å². The molecule has 1 aliphatic heterocycles. The molecule has 0 radical (unpaired) electrons. The van der Waals surface area contributed by atoms with Crippen molar-refractivity contribution in [2.75, 3.05) is 13.6 Å². The second-order valence-electron chi connectivity index (χ2n) is 9.08. The Hall–Kier alpha value is -2.39. The third-order valence-corrected chi connectivity index (χ3v) is 8.13. The number of likely N-dealkylation sites (N-methyl/N-ethyl adjacent to an activating group) is 1. The van der Waals surface area contributed by atoms with E-state index >= 15 is 0 Å². The van der Waals surface area contributed by atoms with Gasteiger partial charge >= 0.3 is 0 Å². The summed E-state index contributed by atoms with van der Waals surface area (Å²) in [6, 6.07) is 9.81. The highest BCUT2D eigenvalue weighted by Crippen LogP contribution is 2.66. The van der Waals surface area contributed by atoms with E-state index in [0.717, 1.165) is 22.1 Å². The molecule has 166 valence electrons. The van der Waals surface area contributed by atoms with Crippen LogP contribution < -0.4 is 0 Å². The second kappa shape index (κ2) is 7.34. The van der Waals surface area contributed by atoms with Crippen molar-refractivity contribution >= 4 is 27.6 Å². The van der Waals surface area contributed by atoms with Crippen LogP contribution in [-0.4, -0.2) is 48.3 Å². The van der Waals surface area contributed by atoms with Crippen molar-refractivity contribution in [3.63, 3.8) is 0 Å². The normalized spacial score (nSPS) is 19.4. The van der Waals surface area contributed by atoms with Gasteiger partial charge in [0, 0.05) is 48.7 Å². The number of fused-ring (bicyclic) bond motifs is 2. The third-order valence-electron chi connectivity index (χ3n) is 5.82. The quantitative estimate of drug-likeness (QED) is 0.488. The van der Waals surface area contributed by atoms with Crippen LogP contribution in [0.4, 0.5) is 4.39 Å². The van der Waals surface area contributed by atoms with Gasteiger partial charge in [0.1, 0.15) is 5.82 Å². The Balaban J connectivity index is 1.87.